The quantitative estimate of drug-likeness (QED) is 0.777. The fourth-order valence-corrected chi connectivity index (χ4v) is 1.75. The van der Waals surface area contributed by atoms with Crippen LogP contribution < -0.4 is 0 Å². The van der Waals surface area contributed by atoms with Gasteiger partial charge in [-0.1, -0.05) is 12.1 Å². The number of rotatable bonds is 3. The molecule has 0 spiro atoms. The summed E-state index contributed by atoms with van der Waals surface area (Å²) in [6.45, 7) is 3.51. The Morgan fingerprint density at radius 3 is 3.06 bits per heavy atom. The van der Waals surface area contributed by atoms with Gasteiger partial charge in [0, 0.05) is 10.9 Å². The molecule has 2 rings (SSSR count). The highest BCUT2D eigenvalue weighted by Crippen LogP contribution is 2.22. The highest BCUT2D eigenvalue weighted by atomic mass is 16.5. The Labute approximate surface area is 105 Å². The molecule has 1 atom stereocenters. The predicted molar refractivity (Wildman–Crippen MR) is 65.8 cm³/mol. The summed E-state index contributed by atoms with van der Waals surface area (Å²) in [5, 5.41) is 9.47. The van der Waals surface area contributed by atoms with Gasteiger partial charge in [0.1, 0.15) is 11.7 Å². The van der Waals surface area contributed by atoms with Gasteiger partial charge < -0.3 is 9.15 Å². The van der Waals surface area contributed by atoms with Crippen molar-refractivity contribution in [3.05, 3.63) is 35.6 Å². The van der Waals surface area contributed by atoms with Crippen molar-refractivity contribution in [3.8, 4) is 6.07 Å². The fraction of sp³-hybridized carbons (Fsp3) is 0.286. The molecule has 4 heteroatoms. The van der Waals surface area contributed by atoms with Crippen LogP contribution in [-0.2, 0) is 16.0 Å². The molecule has 0 saturated carbocycles. The summed E-state index contributed by atoms with van der Waals surface area (Å²) < 4.78 is 10.3. The van der Waals surface area contributed by atoms with E-state index in [-0.39, 0.29) is 6.42 Å². The molecule has 0 aliphatic carbocycles. The lowest BCUT2D eigenvalue weighted by Gasteiger charge is -2.04. The maximum atomic E-state index is 11.6. The van der Waals surface area contributed by atoms with Gasteiger partial charge in [-0.3, -0.25) is 4.79 Å². The minimum Gasteiger partial charge on any atom is -0.464 e. The van der Waals surface area contributed by atoms with E-state index in [2.05, 4.69) is 0 Å². The van der Waals surface area contributed by atoms with Crippen molar-refractivity contribution >= 4 is 16.9 Å². The molecule has 0 aliphatic heterocycles. The number of benzene rings is 1. The van der Waals surface area contributed by atoms with Crippen LogP contribution in [0.15, 0.2) is 28.9 Å². The zero-order valence-corrected chi connectivity index (χ0v) is 10.3. The summed E-state index contributed by atoms with van der Waals surface area (Å²) in [5.74, 6) is -0.424. The summed E-state index contributed by atoms with van der Waals surface area (Å²) >= 11 is 0. The molecule has 1 heterocycles. The summed E-state index contributed by atoms with van der Waals surface area (Å²) in [6.07, 6.45) is 0.947. The SMILES string of the molecule is Cc1ccc2c(CC(=O)OC(C)C#N)coc2c1. The van der Waals surface area contributed by atoms with Crippen LogP contribution in [-0.4, -0.2) is 12.1 Å². The molecule has 0 bridgehead atoms. The van der Waals surface area contributed by atoms with Crippen LogP contribution in [0.1, 0.15) is 18.1 Å². The van der Waals surface area contributed by atoms with Crippen molar-refractivity contribution in [2.75, 3.05) is 0 Å². The normalized spacial score (nSPS) is 12.1. The first-order chi connectivity index (χ1) is 8.60. The number of hydrogen-bond donors (Lipinski definition) is 0. The van der Waals surface area contributed by atoms with E-state index in [0.717, 1.165) is 22.1 Å². The number of esters is 1. The maximum Gasteiger partial charge on any atom is 0.311 e. The van der Waals surface area contributed by atoms with E-state index < -0.39 is 12.1 Å². The first kappa shape index (κ1) is 12.2. The van der Waals surface area contributed by atoms with Crippen LogP contribution in [0.3, 0.4) is 0 Å². The number of fused-ring (bicyclic) bond motifs is 1. The van der Waals surface area contributed by atoms with Gasteiger partial charge in [-0.15, -0.1) is 0 Å². The minimum atomic E-state index is -0.724. The van der Waals surface area contributed by atoms with Gasteiger partial charge in [0.05, 0.1) is 12.7 Å². The van der Waals surface area contributed by atoms with Crippen LogP contribution in [0.5, 0.6) is 0 Å². The van der Waals surface area contributed by atoms with Gasteiger partial charge in [0.15, 0.2) is 6.10 Å². The lowest BCUT2D eigenvalue weighted by Crippen LogP contribution is -2.14. The van der Waals surface area contributed by atoms with Crippen molar-refractivity contribution in [2.24, 2.45) is 0 Å². The minimum absolute atomic E-state index is 0.113. The highest BCUT2D eigenvalue weighted by molar-refractivity contribution is 5.86. The fourth-order valence-electron chi connectivity index (χ4n) is 1.75. The average molecular weight is 243 g/mol. The first-order valence-corrected chi connectivity index (χ1v) is 5.66. The second-order valence-corrected chi connectivity index (χ2v) is 4.20. The summed E-state index contributed by atoms with van der Waals surface area (Å²) in [5.41, 5.74) is 2.63. The topological polar surface area (TPSA) is 63.2 Å². The van der Waals surface area contributed by atoms with E-state index in [9.17, 15) is 4.79 Å². The number of furan rings is 1. The number of nitrogens with zero attached hydrogens (tertiary/aromatic N) is 1. The molecule has 1 aromatic carbocycles. The van der Waals surface area contributed by atoms with E-state index in [1.807, 2.05) is 31.2 Å². The number of carbonyl (C=O) groups is 1. The van der Waals surface area contributed by atoms with Crippen LogP contribution in [0, 0.1) is 18.3 Å². The lowest BCUT2D eigenvalue weighted by atomic mass is 10.1. The molecule has 2 aromatic rings. The second-order valence-electron chi connectivity index (χ2n) is 4.20. The summed E-state index contributed by atoms with van der Waals surface area (Å²) in [6, 6.07) is 7.66. The number of nitriles is 1. The lowest BCUT2D eigenvalue weighted by molar-refractivity contribution is -0.145. The van der Waals surface area contributed by atoms with Crippen LogP contribution >= 0.6 is 0 Å². The van der Waals surface area contributed by atoms with Crippen LogP contribution in [0.25, 0.3) is 11.0 Å². The van der Waals surface area contributed by atoms with E-state index in [1.165, 1.54) is 6.92 Å². The molecule has 92 valence electrons. The molecule has 1 unspecified atom stereocenters. The third kappa shape index (κ3) is 2.51. The van der Waals surface area contributed by atoms with Gasteiger partial charge in [-0.2, -0.15) is 5.26 Å². The molecular formula is C14H13NO3. The number of hydrogen-bond acceptors (Lipinski definition) is 4. The molecule has 0 radical (unpaired) electrons. The smallest absolute Gasteiger partial charge is 0.311 e. The number of aryl methyl sites for hydroxylation is 1. The van der Waals surface area contributed by atoms with Gasteiger partial charge in [0.25, 0.3) is 0 Å². The Morgan fingerprint density at radius 1 is 1.56 bits per heavy atom. The van der Waals surface area contributed by atoms with Gasteiger partial charge in [-0.05, 0) is 25.5 Å². The molecule has 1 aromatic heterocycles. The third-order valence-electron chi connectivity index (χ3n) is 2.64. The predicted octanol–water partition coefficient (Wildman–Crippen LogP) is 2.74. The number of carbonyl (C=O) groups excluding carboxylic acids is 1. The number of ether oxygens (including phenoxy) is 1. The molecule has 0 fully saturated rings. The standard InChI is InChI=1S/C14H13NO3/c1-9-3-4-12-11(8-17-13(12)5-9)6-14(16)18-10(2)7-15/h3-5,8,10H,6H2,1-2H3. The van der Waals surface area contributed by atoms with Crippen molar-refractivity contribution in [1.82, 2.24) is 0 Å². The highest BCUT2D eigenvalue weighted by Gasteiger charge is 2.13. The zero-order chi connectivity index (χ0) is 13.1. The maximum absolute atomic E-state index is 11.6. The Morgan fingerprint density at radius 2 is 2.33 bits per heavy atom. The Hall–Kier alpha value is -2.28. The average Bonchev–Trinajstić information content (AvgIpc) is 2.71. The molecule has 0 N–H and O–H groups in total. The monoisotopic (exact) mass is 243 g/mol. The van der Waals surface area contributed by atoms with Gasteiger partial charge in [-0.25, -0.2) is 0 Å². The molecule has 0 amide bonds. The Kier molecular flexibility index (Phi) is 3.33. The molecular weight excluding hydrogens is 230 g/mol. The van der Waals surface area contributed by atoms with Crippen LogP contribution in [0.4, 0.5) is 0 Å². The zero-order valence-electron chi connectivity index (χ0n) is 10.3. The third-order valence-corrected chi connectivity index (χ3v) is 2.64. The largest absolute Gasteiger partial charge is 0.464 e. The van der Waals surface area contributed by atoms with Crippen molar-refractivity contribution in [1.29, 1.82) is 5.26 Å². The van der Waals surface area contributed by atoms with E-state index >= 15 is 0 Å². The van der Waals surface area contributed by atoms with E-state index in [0.29, 0.717) is 0 Å². The van der Waals surface area contributed by atoms with Crippen LogP contribution in [0.2, 0.25) is 0 Å². The van der Waals surface area contributed by atoms with Crippen molar-refractivity contribution in [2.45, 2.75) is 26.4 Å². The summed E-state index contributed by atoms with van der Waals surface area (Å²) in [4.78, 5) is 11.6. The van der Waals surface area contributed by atoms with Crippen molar-refractivity contribution < 1.29 is 13.9 Å². The Bertz CT molecular complexity index is 621. The van der Waals surface area contributed by atoms with Gasteiger partial charge >= 0.3 is 5.97 Å². The van der Waals surface area contributed by atoms with Gasteiger partial charge in [0.2, 0.25) is 0 Å². The molecule has 0 saturated heterocycles. The van der Waals surface area contributed by atoms with Crippen molar-refractivity contribution in [3.63, 3.8) is 0 Å². The molecule has 18 heavy (non-hydrogen) atoms. The second kappa shape index (κ2) is 4.92. The van der Waals surface area contributed by atoms with E-state index in [4.69, 9.17) is 14.4 Å². The first-order valence-electron chi connectivity index (χ1n) is 5.66. The molecule has 4 nitrogen and oxygen atoms in total. The van der Waals surface area contributed by atoms with E-state index in [1.54, 1.807) is 6.26 Å². The Balaban J connectivity index is 2.18. The summed E-state index contributed by atoms with van der Waals surface area (Å²) in [7, 11) is 0. The molecule has 0 aliphatic rings.